The molecule has 132 valence electrons. The average molecular weight is 380 g/mol. The van der Waals surface area contributed by atoms with Gasteiger partial charge in [-0.15, -0.1) is 0 Å². The van der Waals surface area contributed by atoms with Crippen LogP contribution in [0.25, 0.3) is 0 Å². The largest absolute Gasteiger partial charge is 0.462 e. The zero-order valence-corrected chi connectivity index (χ0v) is 15.1. The molecule has 0 aliphatic rings. The van der Waals surface area contributed by atoms with Gasteiger partial charge in [-0.05, 0) is 24.3 Å². The summed E-state index contributed by atoms with van der Waals surface area (Å²) in [6.45, 7) is 0. The van der Waals surface area contributed by atoms with Gasteiger partial charge in [-0.3, -0.25) is 30.5 Å². The Hall–Kier alpha value is -2.72. The summed E-state index contributed by atoms with van der Waals surface area (Å²) in [4.78, 5) is 24.5. The second-order valence-electron chi connectivity index (χ2n) is 4.93. The van der Waals surface area contributed by atoms with E-state index in [4.69, 9.17) is 33.3 Å². The first-order valence-electron chi connectivity index (χ1n) is 7.10. The molecule has 25 heavy (non-hydrogen) atoms. The van der Waals surface area contributed by atoms with Crippen molar-refractivity contribution in [3.63, 3.8) is 0 Å². The topological polar surface area (TPSA) is 91.0 Å². The maximum absolute atomic E-state index is 11.9. The summed E-state index contributed by atoms with van der Waals surface area (Å²) in [7, 11) is 3.11. The number of hydrogen-bond acceptors (Lipinski definition) is 6. The van der Waals surface area contributed by atoms with Crippen LogP contribution in [0.15, 0.2) is 45.6 Å². The van der Waals surface area contributed by atoms with Crippen molar-refractivity contribution in [2.24, 2.45) is 0 Å². The molecule has 8 nitrogen and oxygen atoms in total. The Morgan fingerprint density at radius 2 is 1.32 bits per heavy atom. The lowest BCUT2D eigenvalue weighted by atomic mass is 10.4. The molecule has 0 spiro atoms. The molecule has 2 aromatic rings. The van der Waals surface area contributed by atoms with Gasteiger partial charge in [-0.1, -0.05) is 24.4 Å². The fourth-order valence-electron chi connectivity index (χ4n) is 1.83. The van der Waals surface area contributed by atoms with Crippen molar-refractivity contribution in [1.29, 1.82) is 0 Å². The van der Waals surface area contributed by atoms with E-state index in [1.807, 2.05) is 0 Å². The number of amides is 2. The van der Waals surface area contributed by atoms with E-state index in [9.17, 15) is 9.59 Å². The van der Waals surface area contributed by atoms with Crippen molar-refractivity contribution in [2.45, 2.75) is 6.42 Å². The van der Waals surface area contributed by atoms with E-state index in [2.05, 4.69) is 10.9 Å². The molecule has 0 atom stereocenters. The molecule has 0 aliphatic carbocycles. The quantitative estimate of drug-likeness (QED) is 0.465. The maximum atomic E-state index is 11.9. The van der Waals surface area contributed by atoms with Crippen molar-refractivity contribution in [3.8, 4) is 0 Å². The zero-order chi connectivity index (χ0) is 18.4. The minimum absolute atomic E-state index is 0.287. The van der Waals surface area contributed by atoms with Gasteiger partial charge < -0.3 is 8.83 Å². The van der Waals surface area contributed by atoms with Crippen LogP contribution in [0.2, 0.25) is 0 Å². The van der Waals surface area contributed by atoms with E-state index >= 15 is 0 Å². The van der Waals surface area contributed by atoms with Gasteiger partial charge in [0.1, 0.15) is 6.42 Å². The molecular formula is C15H16N4O4S2. The Balaban J connectivity index is 1.80. The van der Waals surface area contributed by atoms with E-state index in [0.717, 1.165) is 0 Å². The summed E-state index contributed by atoms with van der Waals surface area (Å²) < 4.78 is 10.3. The van der Waals surface area contributed by atoms with Crippen LogP contribution in [0.1, 0.15) is 17.9 Å². The van der Waals surface area contributed by atoms with Gasteiger partial charge in [0.25, 0.3) is 0 Å². The molecule has 0 bridgehead atoms. The van der Waals surface area contributed by atoms with Gasteiger partial charge in [0.15, 0.2) is 21.5 Å². The molecule has 0 saturated heterocycles. The van der Waals surface area contributed by atoms with Gasteiger partial charge in [0.05, 0.1) is 12.5 Å². The second kappa shape index (κ2) is 8.40. The number of hydrogen-bond donors (Lipinski definition) is 2. The number of carbonyl (C=O) groups is 2. The predicted octanol–water partition coefficient (Wildman–Crippen LogP) is 1.24. The molecular weight excluding hydrogens is 364 g/mol. The molecule has 2 N–H and O–H groups in total. The van der Waals surface area contributed by atoms with Crippen molar-refractivity contribution >= 4 is 46.2 Å². The molecule has 0 aliphatic heterocycles. The van der Waals surface area contributed by atoms with E-state index < -0.39 is 18.2 Å². The molecule has 2 heterocycles. The molecule has 10 heteroatoms. The first kappa shape index (κ1) is 18.6. The molecule has 0 aromatic carbocycles. The highest BCUT2D eigenvalue weighted by Gasteiger charge is 2.17. The summed E-state index contributed by atoms with van der Waals surface area (Å²) in [5.74, 6) is -0.200. The Morgan fingerprint density at radius 1 is 0.920 bits per heavy atom. The third-order valence-electron chi connectivity index (χ3n) is 2.98. The van der Waals surface area contributed by atoms with Gasteiger partial charge in [-0.2, -0.15) is 0 Å². The van der Waals surface area contributed by atoms with Crippen molar-refractivity contribution < 1.29 is 18.4 Å². The Labute approximate surface area is 154 Å². The smallest absolute Gasteiger partial charge is 0.248 e. The summed E-state index contributed by atoms with van der Waals surface area (Å²) >= 11 is 10.3. The minimum Gasteiger partial charge on any atom is -0.462 e. The molecule has 0 radical (unpaired) electrons. The van der Waals surface area contributed by atoms with Crippen molar-refractivity contribution in [2.75, 3.05) is 14.1 Å². The molecule has 2 amide bonds. The predicted molar refractivity (Wildman–Crippen MR) is 97.2 cm³/mol. The molecule has 2 rings (SSSR count). The SMILES string of the molecule is CN(NC(=O)CC(=O)NN(C)C(=S)c1ccco1)C(=S)c1ccco1. The van der Waals surface area contributed by atoms with Crippen LogP contribution in [-0.4, -0.2) is 45.9 Å². The van der Waals surface area contributed by atoms with E-state index in [1.165, 1.54) is 22.5 Å². The fraction of sp³-hybridized carbons (Fsp3) is 0.200. The number of furan rings is 2. The second-order valence-corrected chi connectivity index (χ2v) is 5.70. The molecule has 0 saturated carbocycles. The van der Waals surface area contributed by atoms with E-state index in [0.29, 0.717) is 11.5 Å². The van der Waals surface area contributed by atoms with Crippen LogP contribution in [-0.2, 0) is 9.59 Å². The van der Waals surface area contributed by atoms with Crippen LogP contribution in [0.5, 0.6) is 0 Å². The first-order valence-corrected chi connectivity index (χ1v) is 7.92. The van der Waals surface area contributed by atoms with Crippen LogP contribution in [0, 0.1) is 0 Å². The Kier molecular flexibility index (Phi) is 6.25. The number of hydrazine groups is 2. The third kappa shape index (κ3) is 5.13. The summed E-state index contributed by atoms with van der Waals surface area (Å²) in [5, 5.41) is 2.61. The van der Waals surface area contributed by atoms with E-state index in [-0.39, 0.29) is 9.98 Å². The standard InChI is InChI=1S/C15H16N4O4S2/c1-18(14(24)10-5-3-7-22-10)16-12(20)9-13(21)17-19(2)15(25)11-6-4-8-23-11/h3-8H,9H2,1-2H3,(H,16,20)(H,17,21). The first-order chi connectivity index (χ1) is 11.9. The van der Waals surface area contributed by atoms with Crippen LogP contribution < -0.4 is 10.9 Å². The third-order valence-corrected chi connectivity index (χ3v) is 3.93. The molecule has 0 fully saturated rings. The van der Waals surface area contributed by atoms with Crippen molar-refractivity contribution in [3.05, 3.63) is 48.3 Å². The number of carbonyl (C=O) groups excluding carboxylic acids is 2. The van der Waals surface area contributed by atoms with Gasteiger partial charge in [-0.25, -0.2) is 0 Å². The number of nitrogens with zero attached hydrogens (tertiary/aromatic N) is 2. The van der Waals surface area contributed by atoms with Crippen LogP contribution in [0.4, 0.5) is 0 Å². The van der Waals surface area contributed by atoms with Gasteiger partial charge >= 0.3 is 0 Å². The van der Waals surface area contributed by atoms with E-state index in [1.54, 1.807) is 38.4 Å². The Morgan fingerprint density at radius 3 is 1.64 bits per heavy atom. The number of nitrogens with one attached hydrogen (secondary N) is 2. The summed E-state index contributed by atoms with van der Waals surface area (Å²) in [5.41, 5.74) is 4.98. The lowest BCUT2D eigenvalue weighted by molar-refractivity contribution is -0.132. The molecule has 0 unspecified atom stereocenters. The van der Waals surface area contributed by atoms with Crippen LogP contribution in [0.3, 0.4) is 0 Å². The number of thiocarbonyl (C=S) groups is 2. The lowest BCUT2D eigenvalue weighted by Gasteiger charge is -2.21. The zero-order valence-electron chi connectivity index (χ0n) is 13.5. The fourth-order valence-corrected chi connectivity index (χ4v) is 2.16. The van der Waals surface area contributed by atoms with Crippen LogP contribution >= 0.6 is 24.4 Å². The highest BCUT2D eigenvalue weighted by Crippen LogP contribution is 2.05. The summed E-state index contributed by atoms with van der Waals surface area (Å²) in [6.07, 6.45) is 2.54. The minimum atomic E-state index is -0.536. The molecule has 2 aromatic heterocycles. The lowest BCUT2D eigenvalue weighted by Crippen LogP contribution is -2.47. The van der Waals surface area contributed by atoms with Gasteiger partial charge in [0.2, 0.25) is 11.8 Å². The summed E-state index contributed by atoms with van der Waals surface area (Å²) in [6, 6.07) is 6.70. The average Bonchev–Trinajstić information content (AvgIpc) is 3.26. The van der Waals surface area contributed by atoms with Gasteiger partial charge in [0, 0.05) is 14.1 Å². The highest BCUT2D eigenvalue weighted by atomic mass is 32.1. The monoisotopic (exact) mass is 380 g/mol. The van der Waals surface area contributed by atoms with Crippen molar-refractivity contribution in [1.82, 2.24) is 20.9 Å². The highest BCUT2D eigenvalue weighted by molar-refractivity contribution is 7.80. The normalized spacial score (nSPS) is 10.0. The Bertz CT molecular complexity index is 694. The number of rotatable bonds is 4. The maximum Gasteiger partial charge on any atom is 0.248 e.